The number of nitrogens with zero attached hydrogens (tertiary/aromatic N) is 3. The number of hydrogen-bond acceptors (Lipinski definition) is 10. The quantitative estimate of drug-likeness (QED) is 0.0586. The minimum atomic E-state index is -5.04. The molecule has 0 fully saturated rings. The predicted molar refractivity (Wildman–Crippen MR) is 243 cm³/mol. The molecule has 0 aliphatic rings. The summed E-state index contributed by atoms with van der Waals surface area (Å²) in [6, 6.07) is 27.0. The summed E-state index contributed by atoms with van der Waals surface area (Å²) in [6.07, 6.45) is 3.19. The first-order valence-corrected chi connectivity index (χ1v) is 23.0. The predicted octanol–water partition coefficient (Wildman–Crippen LogP) is 8.02. The zero-order valence-corrected chi connectivity index (χ0v) is 36.6. The number of alkyl halides is 3. The van der Waals surface area contributed by atoms with E-state index in [1.165, 1.54) is 42.5 Å². The molecule has 0 radical (unpaired) electrons. The van der Waals surface area contributed by atoms with Gasteiger partial charge in [0.25, 0.3) is 31.9 Å². The highest BCUT2D eigenvalue weighted by molar-refractivity contribution is 7.93. The molecular formula is C44H34ClF3N10O7S2. The Morgan fingerprint density at radius 3 is 1.67 bits per heavy atom. The number of fused-ring (bicyclic) bond motifs is 3. The molecule has 4 aromatic carbocycles. The molecule has 0 saturated carbocycles. The molecule has 7 N–H and O–H groups in total. The third-order valence-electron chi connectivity index (χ3n) is 9.81. The highest BCUT2D eigenvalue weighted by Gasteiger charge is 2.33. The van der Waals surface area contributed by atoms with Gasteiger partial charge in [0.05, 0.1) is 32.9 Å². The van der Waals surface area contributed by atoms with E-state index in [9.17, 15) is 39.6 Å². The number of rotatable bonds is 13. The number of pyridine rings is 2. The Balaban J connectivity index is 0.000000182. The topological polar surface area (TPSA) is 246 Å². The molecule has 0 atom stereocenters. The summed E-state index contributed by atoms with van der Waals surface area (Å²) in [7, 11) is -8.00. The lowest BCUT2D eigenvalue weighted by Crippen LogP contribution is -2.23. The summed E-state index contributed by atoms with van der Waals surface area (Å²) in [6.45, 7) is 0.373. The van der Waals surface area contributed by atoms with Crippen molar-refractivity contribution >= 4 is 87.5 Å². The van der Waals surface area contributed by atoms with Gasteiger partial charge in [0, 0.05) is 76.2 Å². The van der Waals surface area contributed by atoms with Crippen LogP contribution in [0.15, 0.2) is 150 Å². The van der Waals surface area contributed by atoms with E-state index in [1.54, 1.807) is 85.6 Å². The van der Waals surface area contributed by atoms with Gasteiger partial charge < -0.3 is 25.3 Å². The molecule has 0 spiro atoms. The SMILES string of the molecule is O=C(NCc1ccc(S(=O)(=O)Nc2ccc(Cl)cc2OC(F)(F)F)cc1)c1cc2cnccc2[nH]1.O=C(NCc1ccc(S(=O)(=O)Nc2ccc3cn[nH]c3c2)cc1)c1cc2cnccc2[nH]1. The zero-order valence-electron chi connectivity index (χ0n) is 34.2. The number of benzene rings is 4. The number of aromatic nitrogens is 6. The average molecular weight is 971 g/mol. The van der Waals surface area contributed by atoms with Gasteiger partial charge in [0.1, 0.15) is 11.4 Å². The van der Waals surface area contributed by atoms with Crippen molar-refractivity contribution in [2.45, 2.75) is 29.2 Å². The Labute approximate surface area is 383 Å². The summed E-state index contributed by atoms with van der Waals surface area (Å²) in [5, 5.41) is 14.7. The van der Waals surface area contributed by atoms with Gasteiger partial charge in [-0.1, -0.05) is 35.9 Å². The van der Waals surface area contributed by atoms with Crippen LogP contribution >= 0.6 is 11.6 Å². The number of H-pyrrole nitrogens is 3. The van der Waals surface area contributed by atoms with Gasteiger partial charge in [-0.15, -0.1) is 13.2 Å². The Bertz CT molecular complexity index is 3430. The van der Waals surface area contributed by atoms with E-state index in [0.717, 1.165) is 50.4 Å². The first-order valence-electron chi connectivity index (χ1n) is 19.6. The number of halogens is 4. The third-order valence-corrected chi connectivity index (χ3v) is 12.8. The molecule has 0 aliphatic carbocycles. The number of sulfonamides is 2. The van der Waals surface area contributed by atoms with Crippen LogP contribution in [0.25, 0.3) is 32.7 Å². The van der Waals surface area contributed by atoms with Gasteiger partial charge in [-0.2, -0.15) is 5.10 Å². The first kappa shape index (κ1) is 45.6. The van der Waals surface area contributed by atoms with Gasteiger partial charge in [0.2, 0.25) is 0 Å². The van der Waals surface area contributed by atoms with E-state index >= 15 is 0 Å². The average Bonchev–Trinajstić information content (AvgIpc) is 4.07. The van der Waals surface area contributed by atoms with E-state index in [-0.39, 0.29) is 39.7 Å². The van der Waals surface area contributed by atoms with Crippen LogP contribution in [0.5, 0.6) is 5.75 Å². The molecule has 23 heteroatoms. The third kappa shape index (κ3) is 11.3. The number of hydrogen-bond donors (Lipinski definition) is 7. The standard InChI is InChI=1S/C22H16ClF3N4O4S.C22H18N6O3S/c23-15-3-6-18(20(10-15)34-22(24,25)26)30-35(32,33)16-4-1-13(2-5-16)11-28-21(31)19-9-14-12-27-8-7-17(14)29-19;29-22(21-9-16-12-23-8-7-19(16)26-21)24-11-14-1-5-18(6-2-14)32(30,31)28-17-4-3-15-13-25-27-20(15)10-17/h1-10,12,29-30H,11H2,(H,28,31);1-10,12-13,26,28H,11H2,(H,24,29)(H,25,27). The molecule has 2 amide bonds. The lowest BCUT2D eigenvalue weighted by Gasteiger charge is -2.15. The fourth-order valence-corrected chi connectivity index (χ4v) is 8.81. The van der Waals surface area contributed by atoms with E-state index in [0.29, 0.717) is 22.6 Å². The van der Waals surface area contributed by atoms with Gasteiger partial charge in [0.15, 0.2) is 5.75 Å². The summed E-state index contributed by atoms with van der Waals surface area (Å²) >= 11 is 5.70. The molecule has 9 rings (SSSR count). The molecule has 17 nitrogen and oxygen atoms in total. The van der Waals surface area contributed by atoms with Gasteiger partial charge in [-0.25, -0.2) is 16.8 Å². The molecule has 0 unspecified atom stereocenters. The number of aromatic amines is 3. The molecule has 0 bridgehead atoms. The summed E-state index contributed by atoms with van der Waals surface area (Å²) in [4.78, 5) is 38.8. The van der Waals surface area contributed by atoms with Crippen LogP contribution in [-0.4, -0.2) is 65.1 Å². The minimum Gasteiger partial charge on any atom is -0.403 e. The van der Waals surface area contributed by atoms with E-state index in [2.05, 4.69) is 54.9 Å². The van der Waals surface area contributed by atoms with E-state index < -0.39 is 37.8 Å². The van der Waals surface area contributed by atoms with Crippen LogP contribution < -0.4 is 24.8 Å². The maximum atomic E-state index is 12.7. The first-order chi connectivity index (χ1) is 32.0. The van der Waals surface area contributed by atoms with Crippen molar-refractivity contribution in [3.63, 3.8) is 0 Å². The maximum Gasteiger partial charge on any atom is 0.573 e. The summed E-state index contributed by atoms with van der Waals surface area (Å²) < 4.78 is 97.3. The van der Waals surface area contributed by atoms with Crippen molar-refractivity contribution < 1.29 is 44.3 Å². The summed E-state index contributed by atoms with van der Waals surface area (Å²) in [5.41, 5.74) is 4.49. The molecular weight excluding hydrogens is 937 g/mol. The fraction of sp³-hybridized carbons (Fsp3) is 0.0682. The smallest absolute Gasteiger partial charge is 0.403 e. The van der Waals surface area contributed by atoms with Crippen LogP contribution in [0.3, 0.4) is 0 Å². The molecule has 342 valence electrons. The number of amides is 2. The highest BCUT2D eigenvalue weighted by atomic mass is 35.5. The van der Waals surface area contributed by atoms with Crippen molar-refractivity contribution in [2.24, 2.45) is 0 Å². The second-order valence-corrected chi connectivity index (χ2v) is 18.3. The second-order valence-electron chi connectivity index (χ2n) is 14.5. The van der Waals surface area contributed by atoms with Crippen LogP contribution in [-0.2, 0) is 33.1 Å². The minimum absolute atomic E-state index is 0.0669. The van der Waals surface area contributed by atoms with Gasteiger partial charge in [-0.05, 0) is 90.0 Å². The number of nitrogens with one attached hydrogen (secondary N) is 7. The van der Waals surface area contributed by atoms with Gasteiger partial charge in [-0.3, -0.25) is 34.1 Å². The molecule has 0 saturated heterocycles. The van der Waals surface area contributed by atoms with Crippen molar-refractivity contribution in [1.82, 2.24) is 40.8 Å². The van der Waals surface area contributed by atoms with Gasteiger partial charge >= 0.3 is 6.36 Å². The number of carbonyl (C=O) groups is 2. The molecule has 0 aliphatic heterocycles. The van der Waals surface area contributed by atoms with Crippen LogP contribution in [0, 0.1) is 0 Å². The molecule has 5 aromatic heterocycles. The van der Waals surface area contributed by atoms with Crippen LogP contribution in [0.1, 0.15) is 32.1 Å². The summed E-state index contributed by atoms with van der Waals surface area (Å²) in [5.74, 6) is -1.41. The van der Waals surface area contributed by atoms with Crippen LogP contribution in [0.4, 0.5) is 24.5 Å². The number of carbonyl (C=O) groups excluding carboxylic acids is 2. The van der Waals surface area contributed by atoms with Crippen molar-refractivity contribution in [3.05, 3.63) is 168 Å². The second kappa shape index (κ2) is 18.9. The number of anilines is 2. The van der Waals surface area contributed by atoms with Crippen molar-refractivity contribution in [2.75, 3.05) is 9.44 Å². The van der Waals surface area contributed by atoms with Crippen molar-refractivity contribution in [1.29, 1.82) is 0 Å². The lowest BCUT2D eigenvalue weighted by atomic mass is 10.2. The highest BCUT2D eigenvalue weighted by Crippen LogP contribution is 2.34. The lowest BCUT2D eigenvalue weighted by molar-refractivity contribution is -0.274. The van der Waals surface area contributed by atoms with Crippen LogP contribution in [0.2, 0.25) is 5.02 Å². The monoisotopic (exact) mass is 970 g/mol. The van der Waals surface area contributed by atoms with Crippen molar-refractivity contribution in [3.8, 4) is 5.75 Å². The van der Waals surface area contributed by atoms with E-state index in [1.807, 2.05) is 0 Å². The zero-order chi connectivity index (χ0) is 47.3. The number of ether oxygens (including phenoxy) is 1. The van der Waals surface area contributed by atoms with E-state index in [4.69, 9.17) is 11.6 Å². The molecule has 67 heavy (non-hydrogen) atoms. The molecule has 5 heterocycles. The fourth-order valence-electron chi connectivity index (χ4n) is 6.52. The largest absolute Gasteiger partial charge is 0.573 e. The Hall–Kier alpha value is -7.95. The maximum absolute atomic E-state index is 12.7. The Morgan fingerprint density at radius 1 is 0.612 bits per heavy atom. The normalized spacial score (nSPS) is 11.8. The molecule has 9 aromatic rings. The Kier molecular flexibility index (Phi) is 12.8. The Morgan fingerprint density at radius 2 is 1.15 bits per heavy atom.